The molecule has 13 heavy (non-hydrogen) atoms. The van der Waals surface area contributed by atoms with Crippen LogP contribution in [0.5, 0.6) is 0 Å². The fourth-order valence-corrected chi connectivity index (χ4v) is 1.07. The SMILES string of the molecule is CCCOCCC(C)CNC(C)C. The van der Waals surface area contributed by atoms with E-state index in [0.29, 0.717) is 6.04 Å². The molecule has 0 aliphatic rings. The smallest absolute Gasteiger partial charge is 0.0469 e. The Labute approximate surface area is 83.1 Å². The molecule has 0 aliphatic carbocycles. The lowest BCUT2D eigenvalue weighted by atomic mass is 10.1. The fraction of sp³-hybridized carbons (Fsp3) is 1.00. The third kappa shape index (κ3) is 9.84. The van der Waals surface area contributed by atoms with Crippen LogP contribution in [0.15, 0.2) is 0 Å². The third-order valence-corrected chi connectivity index (χ3v) is 1.98. The average Bonchev–Trinajstić information content (AvgIpc) is 2.09. The zero-order chi connectivity index (χ0) is 10.1. The minimum Gasteiger partial charge on any atom is -0.381 e. The fourth-order valence-electron chi connectivity index (χ4n) is 1.07. The normalized spacial score (nSPS) is 13.6. The van der Waals surface area contributed by atoms with E-state index in [0.717, 1.165) is 32.1 Å². The molecule has 0 amide bonds. The van der Waals surface area contributed by atoms with Gasteiger partial charge in [0, 0.05) is 19.3 Å². The topological polar surface area (TPSA) is 21.3 Å². The molecule has 0 aliphatic heterocycles. The molecule has 80 valence electrons. The first-order valence-corrected chi connectivity index (χ1v) is 5.48. The van der Waals surface area contributed by atoms with E-state index in [1.165, 1.54) is 6.42 Å². The van der Waals surface area contributed by atoms with Gasteiger partial charge in [-0.1, -0.05) is 27.7 Å². The zero-order valence-electron chi connectivity index (χ0n) is 9.60. The molecule has 0 bridgehead atoms. The quantitative estimate of drug-likeness (QED) is 0.589. The predicted molar refractivity (Wildman–Crippen MR) is 58.0 cm³/mol. The summed E-state index contributed by atoms with van der Waals surface area (Å²) in [4.78, 5) is 0. The second kappa shape index (κ2) is 8.52. The molecule has 2 nitrogen and oxygen atoms in total. The van der Waals surface area contributed by atoms with Crippen LogP contribution in [0.4, 0.5) is 0 Å². The van der Waals surface area contributed by atoms with Crippen molar-refractivity contribution in [1.82, 2.24) is 5.32 Å². The van der Waals surface area contributed by atoms with Crippen LogP contribution in [0.2, 0.25) is 0 Å². The van der Waals surface area contributed by atoms with Crippen LogP contribution in [0.25, 0.3) is 0 Å². The Balaban J connectivity index is 3.15. The summed E-state index contributed by atoms with van der Waals surface area (Å²) in [6.07, 6.45) is 2.29. The molecule has 0 fully saturated rings. The van der Waals surface area contributed by atoms with Gasteiger partial charge in [0.15, 0.2) is 0 Å². The number of hydrogen-bond acceptors (Lipinski definition) is 2. The van der Waals surface area contributed by atoms with Crippen LogP contribution in [-0.4, -0.2) is 25.8 Å². The Hall–Kier alpha value is -0.0800. The Kier molecular flexibility index (Phi) is 8.46. The lowest BCUT2D eigenvalue weighted by Crippen LogP contribution is -2.28. The van der Waals surface area contributed by atoms with Gasteiger partial charge in [-0.3, -0.25) is 0 Å². The Morgan fingerprint density at radius 3 is 2.38 bits per heavy atom. The van der Waals surface area contributed by atoms with Crippen LogP contribution in [0.3, 0.4) is 0 Å². The van der Waals surface area contributed by atoms with E-state index >= 15 is 0 Å². The van der Waals surface area contributed by atoms with Crippen molar-refractivity contribution in [3.05, 3.63) is 0 Å². The van der Waals surface area contributed by atoms with Gasteiger partial charge in [0.05, 0.1) is 0 Å². The van der Waals surface area contributed by atoms with E-state index in [-0.39, 0.29) is 0 Å². The maximum absolute atomic E-state index is 5.43. The Morgan fingerprint density at radius 2 is 1.85 bits per heavy atom. The Bertz CT molecular complexity index is 104. The van der Waals surface area contributed by atoms with Crippen molar-refractivity contribution >= 4 is 0 Å². The molecule has 1 N–H and O–H groups in total. The maximum Gasteiger partial charge on any atom is 0.0469 e. The van der Waals surface area contributed by atoms with Gasteiger partial charge in [0.25, 0.3) is 0 Å². The average molecular weight is 187 g/mol. The number of hydrogen-bond donors (Lipinski definition) is 1. The molecule has 0 aromatic carbocycles. The van der Waals surface area contributed by atoms with Crippen molar-refractivity contribution in [2.75, 3.05) is 19.8 Å². The van der Waals surface area contributed by atoms with Gasteiger partial charge in [-0.2, -0.15) is 0 Å². The first kappa shape index (κ1) is 12.9. The number of nitrogens with one attached hydrogen (secondary N) is 1. The van der Waals surface area contributed by atoms with Crippen molar-refractivity contribution in [1.29, 1.82) is 0 Å². The molecule has 0 spiro atoms. The van der Waals surface area contributed by atoms with E-state index in [9.17, 15) is 0 Å². The van der Waals surface area contributed by atoms with Crippen LogP contribution in [0.1, 0.15) is 40.5 Å². The zero-order valence-corrected chi connectivity index (χ0v) is 9.60. The van der Waals surface area contributed by atoms with E-state index < -0.39 is 0 Å². The van der Waals surface area contributed by atoms with Crippen molar-refractivity contribution in [3.8, 4) is 0 Å². The van der Waals surface area contributed by atoms with Crippen molar-refractivity contribution in [2.24, 2.45) is 5.92 Å². The number of ether oxygens (including phenoxy) is 1. The molecule has 1 atom stereocenters. The molecule has 0 saturated carbocycles. The summed E-state index contributed by atoms with van der Waals surface area (Å²) in [5, 5.41) is 3.43. The molecule has 2 heteroatoms. The highest BCUT2D eigenvalue weighted by molar-refractivity contribution is 4.59. The molecule has 0 radical (unpaired) electrons. The minimum absolute atomic E-state index is 0.596. The molecular formula is C11H25NO. The molecule has 0 rings (SSSR count). The molecule has 0 aromatic heterocycles. The highest BCUT2D eigenvalue weighted by Gasteiger charge is 2.02. The first-order chi connectivity index (χ1) is 6.16. The summed E-state index contributed by atoms with van der Waals surface area (Å²) in [5.74, 6) is 0.722. The number of rotatable bonds is 8. The standard InChI is InChI=1S/C11H25NO/c1-5-7-13-8-6-11(4)9-12-10(2)3/h10-12H,5-9H2,1-4H3. The Morgan fingerprint density at radius 1 is 1.15 bits per heavy atom. The molecule has 0 saturated heterocycles. The van der Waals surface area contributed by atoms with Crippen molar-refractivity contribution in [3.63, 3.8) is 0 Å². The van der Waals surface area contributed by atoms with Gasteiger partial charge in [-0.15, -0.1) is 0 Å². The lowest BCUT2D eigenvalue weighted by Gasteiger charge is -2.14. The summed E-state index contributed by atoms with van der Waals surface area (Å²) < 4.78 is 5.43. The van der Waals surface area contributed by atoms with Gasteiger partial charge in [-0.05, 0) is 25.3 Å². The first-order valence-electron chi connectivity index (χ1n) is 5.48. The van der Waals surface area contributed by atoms with Gasteiger partial charge < -0.3 is 10.1 Å². The lowest BCUT2D eigenvalue weighted by molar-refractivity contribution is 0.122. The van der Waals surface area contributed by atoms with Crippen molar-refractivity contribution < 1.29 is 4.74 Å². The third-order valence-electron chi connectivity index (χ3n) is 1.98. The molecular weight excluding hydrogens is 162 g/mol. The summed E-state index contributed by atoms with van der Waals surface area (Å²) >= 11 is 0. The largest absolute Gasteiger partial charge is 0.381 e. The van der Waals surface area contributed by atoms with Crippen LogP contribution < -0.4 is 5.32 Å². The maximum atomic E-state index is 5.43. The van der Waals surface area contributed by atoms with Crippen LogP contribution in [0, 0.1) is 5.92 Å². The van der Waals surface area contributed by atoms with Crippen LogP contribution >= 0.6 is 0 Å². The van der Waals surface area contributed by atoms with Crippen molar-refractivity contribution in [2.45, 2.75) is 46.6 Å². The van der Waals surface area contributed by atoms with Gasteiger partial charge in [-0.25, -0.2) is 0 Å². The van der Waals surface area contributed by atoms with Gasteiger partial charge in [0.1, 0.15) is 0 Å². The molecule has 0 heterocycles. The molecule has 0 aromatic rings. The molecule has 1 unspecified atom stereocenters. The predicted octanol–water partition coefficient (Wildman–Crippen LogP) is 2.44. The van der Waals surface area contributed by atoms with E-state index in [4.69, 9.17) is 4.74 Å². The second-order valence-electron chi connectivity index (χ2n) is 4.07. The summed E-state index contributed by atoms with van der Waals surface area (Å²) in [5.41, 5.74) is 0. The highest BCUT2D eigenvalue weighted by Crippen LogP contribution is 2.00. The van der Waals surface area contributed by atoms with E-state index in [1.54, 1.807) is 0 Å². The van der Waals surface area contributed by atoms with Gasteiger partial charge in [0.2, 0.25) is 0 Å². The van der Waals surface area contributed by atoms with Crippen LogP contribution in [-0.2, 0) is 4.74 Å². The minimum atomic E-state index is 0.596. The van der Waals surface area contributed by atoms with E-state index in [2.05, 4.69) is 33.0 Å². The summed E-state index contributed by atoms with van der Waals surface area (Å²) in [6.45, 7) is 11.7. The van der Waals surface area contributed by atoms with E-state index in [1.807, 2.05) is 0 Å². The van der Waals surface area contributed by atoms with Gasteiger partial charge >= 0.3 is 0 Å². The monoisotopic (exact) mass is 187 g/mol. The summed E-state index contributed by atoms with van der Waals surface area (Å²) in [6, 6.07) is 0.596. The summed E-state index contributed by atoms with van der Waals surface area (Å²) in [7, 11) is 0. The second-order valence-corrected chi connectivity index (χ2v) is 4.07. The highest BCUT2D eigenvalue weighted by atomic mass is 16.5.